The Bertz CT molecular complexity index is 317. The number of hydrogen-bond acceptors (Lipinski definition) is 1. The standard InChI is InChI=1S/C11H14Cl2FN/c1-15(6-2-5-12)8-9-3-4-11(14)10(13)7-9/h3-4,7H,2,5-6,8H2,1H3. The fraction of sp³-hybridized carbons (Fsp3) is 0.455. The average molecular weight is 250 g/mol. The minimum absolute atomic E-state index is 0.179. The summed E-state index contributed by atoms with van der Waals surface area (Å²) in [6, 6.07) is 4.81. The average Bonchev–Trinajstić information content (AvgIpc) is 2.20. The second kappa shape index (κ2) is 6.31. The predicted molar refractivity (Wildman–Crippen MR) is 63.1 cm³/mol. The van der Waals surface area contributed by atoms with Gasteiger partial charge in [-0.1, -0.05) is 17.7 Å². The molecular weight excluding hydrogens is 236 g/mol. The van der Waals surface area contributed by atoms with Gasteiger partial charge in [-0.2, -0.15) is 0 Å². The minimum atomic E-state index is -0.371. The normalized spacial score (nSPS) is 11.0. The van der Waals surface area contributed by atoms with Crippen LogP contribution in [0.1, 0.15) is 12.0 Å². The summed E-state index contributed by atoms with van der Waals surface area (Å²) < 4.78 is 12.9. The van der Waals surface area contributed by atoms with Crippen molar-refractivity contribution in [2.24, 2.45) is 0 Å². The van der Waals surface area contributed by atoms with Gasteiger partial charge in [0.2, 0.25) is 0 Å². The smallest absolute Gasteiger partial charge is 0.141 e. The van der Waals surface area contributed by atoms with Crippen LogP contribution in [0, 0.1) is 5.82 Å². The van der Waals surface area contributed by atoms with E-state index >= 15 is 0 Å². The molecule has 0 N–H and O–H groups in total. The molecule has 0 amide bonds. The van der Waals surface area contributed by atoms with Crippen LogP contribution in [0.2, 0.25) is 5.02 Å². The summed E-state index contributed by atoms with van der Waals surface area (Å²) in [5.41, 5.74) is 1.01. The molecule has 0 bridgehead atoms. The summed E-state index contributed by atoms with van der Waals surface area (Å²) in [5, 5.41) is 0.179. The lowest BCUT2D eigenvalue weighted by atomic mass is 10.2. The molecule has 0 aliphatic carbocycles. The van der Waals surface area contributed by atoms with Crippen LogP contribution in [-0.2, 0) is 6.54 Å². The van der Waals surface area contributed by atoms with Gasteiger partial charge >= 0.3 is 0 Å². The van der Waals surface area contributed by atoms with E-state index < -0.39 is 0 Å². The Morgan fingerprint density at radius 1 is 1.40 bits per heavy atom. The Labute approximate surface area is 99.8 Å². The lowest BCUT2D eigenvalue weighted by molar-refractivity contribution is 0.328. The van der Waals surface area contributed by atoms with Crippen molar-refractivity contribution in [3.63, 3.8) is 0 Å². The molecule has 1 rings (SSSR count). The number of halogens is 3. The van der Waals surface area contributed by atoms with Gasteiger partial charge in [-0.15, -0.1) is 11.6 Å². The molecule has 0 radical (unpaired) electrons. The molecule has 1 aromatic carbocycles. The second-order valence-corrected chi connectivity index (χ2v) is 4.31. The molecule has 15 heavy (non-hydrogen) atoms. The zero-order chi connectivity index (χ0) is 11.3. The van der Waals surface area contributed by atoms with Crippen molar-refractivity contribution < 1.29 is 4.39 Å². The third-order valence-electron chi connectivity index (χ3n) is 2.11. The summed E-state index contributed by atoms with van der Waals surface area (Å²) in [5.74, 6) is 0.290. The first-order valence-corrected chi connectivity index (χ1v) is 5.73. The third-order valence-corrected chi connectivity index (χ3v) is 2.67. The molecule has 0 saturated heterocycles. The van der Waals surface area contributed by atoms with Crippen LogP contribution in [0.5, 0.6) is 0 Å². The van der Waals surface area contributed by atoms with E-state index in [0.29, 0.717) is 5.88 Å². The van der Waals surface area contributed by atoms with Gasteiger partial charge in [0.1, 0.15) is 5.82 Å². The lowest BCUT2D eigenvalue weighted by Crippen LogP contribution is -2.19. The SMILES string of the molecule is CN(CCCCl)Cc1ccc(F)c(Cl)c1. The molecule has 0 aromatic heterocycles. The van der Waals surface area contributed by atoms with Crippen molar-refractivity contribution in [2.75, 3.05) is 19.5 Å². The first-order valence-electron chi connectivity index (χ1n) is 4.82. The molecule has 0 fully saturated rings. The van der Waals surface area contributed by atoms with E-state index in [2.05, 4.69) is 4.90 Å². The number of benzene rings is 1. The van der Waals surface area contributed by atoms with Gasteiger partial charge in [0.15, 0.2) is 0 Å². The maximum absolute atomic E-state index is 12.9. The first kappa shape index (κ1) is 12.8. The van der Waals surface area contributed by atoms with Gasteiger partial charge in [0.25, 0.3) is 0 Å². The summed E-state index contributed by atoms with van der Waals surface area (Å²) in [6.07, 6.45) is 0.951. The van der Waals surface area contributed by atoms with Crippen LogP contribution in [0.15, 0.2) is 18.2 Å². The highest BCUT2D eigenvalue weighted by Gasteiger charge is 2.03. The van der Waals surface area contributed by atoms with E-state index in [1.165, 1.54) is 6.07 Å². The number of rotatable bonds is 5. The summed E-state index contributed by atoms with van der Waals surface area (Å²) in [7, 11) is 2.00. The van der Waals surface area contributed by atoms with Crippen molar-refractivity contribution in [1.82, 2.24) is 4.90 Å². The molecule has 0 saturated carbocycles. The Morgan fingerprint density at radius 3 is 2.73 bits per heavy atom. The molecule has 0 spiro atoms. The van der Waals surface area contributed by atoms with E-state index in [1.807, 2.05) is 7.05 Å². The van der Waals surface area contributed by atoms with Crippen LogP contribution in [0.25, 0.3) is 0 Å². The molecule has 4 heteroatoms. The molecule has 0 aliphatic rings. The van der Waals surface area contributed by atoms with Crippen LogP contribution < -0.4 is 0 Å². The van der Waals surface area contributed by atoms with Crippen LogP contribution in [0.4, 0.5) is 4.39 Å². The van der Waals surface area contributed by atoms with E-state index in [9.17, 15) is 4.39 Å². The molecule has 0 unspecified atom stereocenters. The second-order valence-electron chi connectivity index (χ2n) is 3.53. The van der Waals surface area contributed by atoms with Crippen molar-refractivity contribution >= 4 is 23.2 Å². The first-order chi connectivity index (χ1) is 7.13. The van der Waals surface area contributed by atoms with Crippen molar-refractivity contribution in [3.05, 3.63) is 34.6 Å². The van der Waals surface area contributed by atoms with E-state index in [4.69, 9.17) is 23.2 Å². The molecule has 1 nitrogen and oxygen atoms in total. The highest BCUT2D eigenvalue weighted by Crippen LogP contribution is 2.16. The third kappa shape index (κ3) is 4.37. The predicted octanol–water partition coefficient (Wildman–Crippen LogP) is 3.54. The van der Waals surface area contributed by atoms with Crippen molar-refractivity contribution in [2.45, 2.75) is 13.0 Å². The Balaban J connectivity index is 2.53. The quantitative estimate of drug-likeness (QED) is 0.722. The largest absolute Gasteiger partial charge is 0.302 e. The summed E-state index contributed by atoms with van der Waals surface area (Å²) >= 11 is 11.3. The maximum Gasteiger partial charge on any atom is 0.141 e. The lowest BCUT2D eigenvalue weighted by Gasteiger charge is -2.15. The van der Waals surface area contributed by atoms with Gasteiger partial charge in [0.05, 0.1) is 5.02 Å². The molecule has 0 aliphatic heterocycles. The van der Waals surface area contributed by atoms with Gasteiger partial charge in [-0.3, -0.25) is 0 Å². The molecule has 1 aromatic rings. The zero-order valence-corrected chi connectivity index (χ0v) is 10.2. The molecule has 0 atom stereocenters. The van der Waals surface area contributed by atoms with Crippen LogP contribution in [-0.4, -0.2) is 24.4 Å². The Hall–Kier alpha value is -0.310. The summed E-state index contributed by atoms with van der Waals surface area (Å²) in [6.45, 7) is 1.69. The van der Waals surface area contributed by atoms with E-state index in [0.717, 1.165) is 25.1 Å². The van der Waals surface area contributed by atoms with Crippen molar-refractivity contribution in [3.8, 4) is 0 Å². The van der Waals surface area contributed by atoms with Gasteiger partial charge in [0, 0.05) is 12.4 Å². The Morgan fingerprint density at radius 2 is 2.13 bits per heavy atom. The van der Waals surface area contributed by atoms with E-state index in [-0.39, 0.29) is 10.8 Å². The van der Waals surface area contributed by atoms with Crippen molar-refractivity contribution in [1.29, 1.82) is 0 Å². The fourth-order valence-electron chi connectivity index (χ4n) is 1.36. The molecule has 84 valence electrons. The highest BCUT2D eigenvalue weighted by atomic mass is 35.5. The molecule has 0 heterocycles. The minimum Gasteiger partial charge on any atom is -0.302 e. The van der Waals surface area contributed by atoms with Crippen LogP contribution >= 0.6 is 23.2 Å². The monoisotopic (exact) mass is 249 g/mol. The maximum atomic E-state index is 12.9. The number of hydrogen-bond donors (Lipinski definition) is 0. The topological polar surface area (TPSA) is 3.24 Å². The summed E-state index contributed by atoms with van der Waals surface area (Å²) in [4.78, 5) is 2.13. The fourth-order valence-corrected chi connectivity index (χ4v) is 1.68. The van der Waals surface area contributed by atoms with Gasteiger partial charge < -0.3 is 4.90 Å². The van der Waals surface area contributed by atoms with Gasteiger partial charge in [-0.25, -0.2) is 4.39 Å². The van der Waals surface area contributed by atoms with Crippen LogP contribution in [0.3, 0.4) is 0 Å². The Kier molecular flexibility index (Phi) is 5.37. The number of nitrogens with zero attached hydrogens (tertiary/aromatic N) is 1. The zero-order valence-electron chi connectivity index (χ0n) is 8.64. The highest BCUT2D eigenvalue weighted by molar-refractivity contribution is 6.30. The molecular formula is C11H14Cl2FN. The van der Waals surface area contributed by atoms with E-state index in [1.54, 1.807) is 12.1 Å². The number of alkyl halides is 1. The van der Waals surface area contributed by atoms with Gasteiger partial charge in [-0.05, 0) is 37.7 Å².